The quantitative estimate of drug-likeness (QED) is 0.802. The second kappa shape index (κ2) is 9.32. The second-order valence-corrected chi connectivity index (χ2v) is 6.88. The summed E-state index contributed by atoms with van der Waals surface area (Å²) >= 11 is 0. The van der Waals surface area contributed by atoms with Crippen LogP contribution in [-0.4, -0.2) is 54.5 Å². The van der Waals surface area contributed by atoms with Gasteiger partial charge in [0, 0.05) is 37.9 Å². The summed E-state index contributed by atoms with van der Waals surface area (Å²) in [5.74, 6) is 0.550. The maximum Gasteiger partial charge on any atom is 0.255 e. The Balaban J connectivity index is 1.46. The molecular formula is C21H26N4O3. The Kier molecular flexibility index (Phi) is 6.60. The molecule has 0 spiro atoms. The Hall–Kier alpha value is -2.93. The summed E-state index contributed by atoms with van der Waals surface area (Å²) in [4.78, 5) is 30.6. The van der Waals surface area contributed by atoms with Gasteiger partial charge in [-0.05, 0) is 43.2 Å². The van der Waals surface area contributed by atoms with E-state index in [2.05, 4.69) is 15.6 Å². The third-order valence-corrected chi connectivity index (χ3v) is 4.63. The monoisotopic (exact) mass is 382 g/mol. The number of pyridine rings is 1. The molecule has 0 atom stereocenters. The topological polar surface area (TPSA) is 83.6 Å². The lowest BCUT2D eigenvalue weighted by Gasteiger charge is -2.26. The van der Waals surface area contributed by atoms with Crippen LogP contribution in [0.25, 0.3) is 0 Å². The van der Waals surface area contributed by atoms with Crippen molar-refractivity contribution in [2.45, 2.75) is 20.3 Å². The van der Waals surface area contributed by atoms with Gasteiger partial charge in [0.1, 0.15) is 5.82 Å². The van der Waals surface area contributed by atoms with E-state index >= 15 is 0 Å². The van der Waals surface area contributed by atoms with Crippen molar-refractivity contribution in [3.63, 3.8) is 0 Å². The molecule has 2 N–H and O–H groups in total. The highest BCUT2D eigenvalue weighted by molar-refractivity contribution is 5.94. The van der Waals surface area contributed by atoms with Crippen LogP contribution in [-0.2, 0) is 9.53 Å². The van der Waals surface area contributed by atoms with Crippen LogP contribution in [0.15, 0.2) is 36.5 Å². The summed E-state index contributed by atoms with van der Waals surface area (Å²) in [5.41, 5.74) is 3.54. The number of anilines is 2. The number of morpholine rings is 1. The highest BCUT2D eigenvalue weighted by atomic mass is 16.5. The number of carbonyl (C=O) groups excluding carboxylic acids is 2. The zero-order chi connectivity index (χ0) is 19.9. The Bertz CT molecular complexity index is 830. The van der Waals surface area contributed by atoms with E-state index in [1.165, 1.54) is 0 Å². The lowest BCUT2D eigenvalue weighted by molar-refractivity contribution is -0.115. The minimum absolute atomic E-state index is 0.0322. The molecule has 2 amide bonds. The summed E-state index contributed by atoms with van der Waals surface area (Å²) in [7, 11) is 0. The van der Waals surface area contributed by atoms with Crippen LogP contribution in [0.4, 0.5) is 11.5 Å². The molecule has 0 aliphatic carbocycles. The third kappa shape index (κ3) is 5.29. The molecular weight excluding hydrogens is 356 g/mol. The van der Waals surface area contributed by atoms with Gasteiger partial charge in [0.25, 0.3) is 5.91 Å². The number of ether oxygens (including phenoxy) is 1. The zero-order valence-corrected chi connectivity index (χ0v) is 16.3. The van der Waals surface area contributed by atoms with Crippen LogP contribution < -0.4 is 10.6 Å². The van der Waals surface area contributed by atoms with Crippen molar-refractivity contribution in [2.75, 3.05) is 43.5 Å². The van der Waals surface area contributed by atoms with Gasteiger partial charge in [0.15, 0.2) is 0 Å². The van der Waals surface area contributed by atoms with Crippen LogP contribution in [0, 0.1) is 13.8 Å². The van der Waals surface area contributed by atoms with E-state index in [1.807, 2.05) is 32.0 Å². The lowest BCUT2D eigenvalue weighted by Crippen LogP contribution is -2.40. The largest absolute Gasteiger partial charge is 0.378 e. The molecule has 0 unspecified atom stereocenters. The molecule has 28 heavy (non-hydrogen) atoms. The van der Waals surface area contributed by atoms with Crippen LogP contribution in [0.3, 0.4) is 0 Å². The fourth-order valence-electron chi connectivity index (χ4n) is 2.96. The number of aryl methyl sites for hydroxylation is 2. The minimum atomic E-state index is -0.0553. The van der Waals surface area contributed by atoms with Crippen LogP contribution in [0.2, 0.25) is 0 Å². The molecule has 0 bridgehead atoms. The molecule has 0 radical (unpaired) electrons. The van der Waals surface area contributed by atoms with E-state index < -0.39 is 0 Å². The Morgan fingerprint density at radius 1 is 1.14 bits per heavy atom. The fraction of sp³-hybridized carbons (Fsp3) is 0.381. The van der Waals surface area contributed by atoms with E-state index in [0.717, 1.165) is 16.8 Å². The van der Waals surface area contributed by atoms with Crippen LogP contribution >= 0.6 is 0 Å². The molecule has 1 saturated heterocycles. The molecule has 7 nitrogen and oxygen atoms in total. The summed E-state index contributed by atoms with van der Waals surface area (Å²) in [5, 5.41) is 6.05. The van der Waals surface area contributed by atoms with E-state index in [9.17, 15) is 9.59 Å². The van der Waals surface area contributed by atoms with Crippen molar-refractivity contribution in [1.29, 1.82) is 0 Å². The molecule has 1 fully saturated rings. The number of nitrogens with one attached hydrogen (secondary N) is 2. The van der Waals surface area contributed by atoms with Gasteiger partial charge in [0.2, 0.25) is 5.91 Å². The van der Waals surface area contributed by atoms with E-state index in [4.69, 9.17) is 4.74 Å². The maximum atomic E-state index is 12.4. The summed E-state index contributed by atoms with van der Waals surface area (Å²) < 4.78 is 5.27. The number of nitrogens with zero attached hydrogens (tertiary/aromatic N) is 2. The van der Waals surface area contributed by atoms with Gasteiger partial charge in [-0.15, -0.1) is 0 Å². The molecule has 1 aromatic heterocycles. The van der Waals surface area contributed by atoms with E-state index in [1.54, 1.807) is 23.2 Å². The molecule has 1 aliphatic rings. The Labute approximate surface area is 165 Å². The van der Waals surface area contributed by atoms with E-state index in [0.29, 0.717) is 50.7 Å². The highest BCUT2D eigenvalue weighted by Gasteiger charge is 2.18. The second-order valence-electron chi connectivity index (χ2n) is 6.88. The average Bonchev–Trinajstić information content (AvgIpc) is 2.71. The van der Waals surface area contributed by atoms with Crippen molar-refractivity contribution < 1.29 is 14.3 Å². The number of benzene rings is 1. The molecule has 7 heteroatoms. The van der Waals surface area contributed by atoms with Gasteiger partial charge in [-0.3, -0.25) is 9.59 Å². The lowest BCUT2D eigenvalue weighted by atomic mass is 10.1. The van der Waals surface area contributed by atoms with Gasteiger partial charge in [0.05, 0.1) is 18.8 Å². The third-order valence-electron chi connectivity index (χ3n) is 4.63. The fourth-order valence-corrected chi connectivity index (χ4v) is 2.96. The number of hydrogen-bond donors (Lipinski definition) is 2. The molecule has 0 saturated carbocycles. The Morgan fingerprint density at radius 2 is 1.93 bits per heavy atom. The molecule has 148 valence electrons. The normalized spacial score (nSPS) is 13.9. The van der Waals surface area contributed by atoms with Gasteiger partial charge < -0.3 is 20.3 Å². The predicted octanol–water partition coefficient (Wildman–Crippen LogP) is 2.61. The first-order valence-electron chi connectivity index (χ1n) is 9.47. The zero-order valence-electron chi connectivity index (χ0n) is 16.3. The summed E-state index contributed by atoms with van der Waals surface area (Å²) in [6, 6.07) is 9.49. The minimum Gasteiger partial charge on any atom is -0.378 e. The van der Waals surface area contributed by atoms with Crippen molar-refractivity contribution in [1.82, 2.24) is 9.88 Å². The average molecular weight is 382 g/mol. The van der Waals surface area contributed by atoms with Crippen molar-refractivity contribution in [3.05, 3.63) is 53.2 Å². The highest BCUT2D eigenvalue weighted by Crippen LogP contribution is 2.16. The predicted molar refractivity (Wildman–Crippen MR) is 109 cm³/mol. The standard InChI is InChI=1S/C21H26N4O3/c1-15-3-4-16(2)18(13-15)24-20(26)7-8-22-19-6-5-17(14-23-19)21(27)25-9-11-28-12-10-25/h3-6,13-14H,7-12H2,1-2H3,(H,22,23)(H,24,26). The van der Waals surface area contributed by atoms with Crippen LogP contribution in [0.1, 0.15) is 27.9 Å². The van der Waals surface area contributed by atoms with Crippen molar-refractivity contribution in [2.24, 2.45) is 0 Å². The first-order valence-corrected chi connectivity index (χ1v) is 9.47. The summed E-state index contributed by atoms with van der Waals surface area (Å²) in [6.07, 6.45) is 1.89. The molecule has 1 aliphatic heterocycles. The molecule has 3 rings (SSSR count). The summed E-state index contributed by atoms with van der Waals surface area (Å²) in [6.45, 7) is 6.78. The SMILES string of the molecule is Cc1ccc(C)c(NC(=O)CCNc2ccc(C(=O)N3CCOCC3)cn2)c1. The van der Waals surface area contributed by atoms with Crippen LogP contribution in [0.5, 0.6) is 0 Å². The number of hydrogen-bond acceptors (Lipinski definition) is 5. The first-order chi connectivity index (χ1) is 13.5. The van der Waals surface area contributed by atoms with Gasteiger partial charge >= 0.3 is 0 Å². The van der Waals surface area contributed by atoms with Crippen molar-refractivity contribution >= 4 is 23.3 Å². The van der Waals surface area contributed by atoms with Crippen molar-refractivity contribution in [3.8, 4) is 0 Å². The smallest absolute Gasteiger partial charge is 0.255 e. The van der Waals surface area contributed by atoms with E-state index in [-0.39, 0.29) is 11.8 Å². The van der Waals surface area contributed by atoms with Gasteiger partial charge in [-0.2, -0.15) is 0 Å². The molecule has 1 aromatic carbocycles. The number of carbonyl (C=O) groups is 2. The first kappa shape index (κ1) is 19.8. The molecule has 2 aromatic rings. The van der Waals surface area contributed by atoms with Gasteiger partial charge in [-0.1, -0.05) is 12.1 Å². The molecule has 2 heterocycles. The number of rotatable bonds is 6. The number of amides is 2. The number of aromatic nitrogens is 1. The Morgan fingerprint density at radius 3 is 2.64 bits per heavy atom. The van der Waals surface area contributed by atoms with Gasteiger partial charge in [-0.25, -0.2) is 4.98 Å². The maximum absolute atomic E-state index is 12.4.